The van der Waals surface area contributed by atoms with E-state index in [0.29, 0.717) is 16.5 Å². The first-order chi connectivity index (χ1) is 13.3. The van der Waals surface area contributed by atoms with Crippen LogP contribution in [0.3, 0.4) is 0 Å². The minimum absolute atomic E-state index is 0.0579. The van der Waals surface area contributed by atoms with E-state index in [2.05, 4.69) is 10.6 Å². The van der Waals surface area contributed by atoms with Crippen molar-refractivity contribution in [3.8, 4) is 11.5 Å². The van der Waals surface area contributed by atoms with Gasteiger partial charge in [0.1, 0.15) is 17.5 Å². The number of carbonyl (C=O) groups excluding carboxylic acids is 2. The van der Waals surface area contributed by atoms with Gasteiger partial charge < -0.3 is 10.1 Å². The third-order valence-electron chi connectivity index (χ3n) is 4.11. The summed E-state index contributed by atoms with van der Waals surface area (Å²) in [6, 6.07) is 11.2. The summed E-state index contributed by atoms with van der Waals surface area (Å²) in [5, 5.41) is 5.07. The average Bonchev–Trinajstić information content (AvgIpc) is 2.99. The number of ether oxygens (including phenoxy) is 1. The number of carbonyl (C=O) groups is 2. The molecule has 8 nitrogen and oxygen atoms in total. The van der Waals surface area contributed by atoms with Crippen molar-refractivity contribution < 1.29 is 22.7 Å². The lowest BCUT2D eigenvalue weighted by atomic mass is 10.3. The molecule has 0 bridgehead atoms. The molecule has 0 unspecified atom stereocenters. The zero-order chi connectivity index (χ0) is 20.3. The van der Waals surface area contributed by atoms with Gasteiger partial charge in [-0.1, -0.05) is 18.5 Å². The first-order valence-electron chi connectivity index (χ1n) is 8.44. The topological polar surface area (TPSA) is 105 Å². The fourth-order valence-electron chi connectivity index (χ4n) is 2.66. The van der Waals surface area contributed by atoms with Crippen LogP contribution in [0.25, 0.3) is 0 Å². The van der Waals surface area contributed by atoms with E-state index in [1.807, 2.05) is 0 Å². The summed E-state index contributed by atoms with van der Waals surface area (Å²) in [6.45, 7) is 1.65. The number of nitrogens with one attached hydrogen (secondary N) is 2. The van der Waals surface area contributed by atoms with E-state index in [1.54, 1.807) is 43.3 Å². The Kier molecular flexibility index (Phi) is 5.87. The molecular weight excluding hydrogens is 406 g/mol. The largest absolute Gasteiger partial charge is 0.457 e. The smallest absolute Gasteiger partial charge is 0.322 e. The molecule has 3 rings (SSSR count). The molecule has 148 valence electrons. The Morgan fingerprint density at radius 2 is 1.61 bits per heavy atom. The number of imide groups is 1. The van der Waals surface area contributed by atoms with Gasteiger partial charge in [-0.05, 0) is 48.5 Å². The van der Waals surface area contributed by atoms with Crippen LogP contribution in [0.2, 0.25) is 5.02 Å². The number of halogens is 1. The second-order valence-electron chi connectivity index (χ2n) is 6.00. The molecule has 1 aliphatic rings. The molecule has 1 aliphatic heterocycles. The van der Waals surface area contributed by atoms with E-state index in [4.69, 9.17) is 16.3 Å². The summed E-state index contributed by atoms with van der Waals surface area (Å²) in [5.41, 5.74) is 0. The van der Waals surface area contributed by atoms with E-state index in [0.717, 1.165) is 4.31 Å². The SMILES string of the molecule is CCN(C[C@@H]1NC(=O)NC1=O)S(=O)(=O)c1ccc(Oc2ccc(Cl)cc2)cc1. The third kappa shape index (κ3) is 4.44. The summed E-state index contributed by atoms with van der Waals surface area (Å²) < 4.78 is 32.5. The molecule has 0 aliphatic carbocycles. The number of amides is 3. The molecule has 1 heterocycles. The van der Waals surface area contributed by atoms with Crippen molar-refractivity contribution in [2.24, 2.45) is 0 Å². The summed E-state index contributed by atoms with van der Waals surface area (Å²) in [4.78, 5) is 23.0. The number of likely N-dealkylation sites (N-methyl/N-ethyl adjacent to an activating group) is 1. The van der Waals surface area contributed by atoms with Crippen molar-refractivity contribution in [3.05, 3.63) is 53.6 Å². The van der Waals surface area contributed by atoms with E-state index in [9.17, 15) is 18.0 Å². The van der Waals surface area contributed by atoms with Crippen LogP contribution in [0.15, 0.2) is 53.4 Å². The van der Waals surface area contributed by atoms with Gasteiger partial charge in [0.25, 0.3) is 5.91 Å². The quantitative estimate of drug-likeness (QED) is 0.665. The maximum atomic E-state index is 12.9. The molecule has 0 spiro atoms. The lowest BCUT2D eigenvalue weighted by Gasteiger charge is -2.22. The monoisotopic (exact) mass is 423 g/mol. The Morgan fingerprint density at radius 3 is 2.11 bits per heavy atom. The number of sulfonamides is 1. The lowest BCUT2D eigenvalue weighted by molar-refractivity contribution is -0.120. The number of rotatable bonds is 7. The van der Waals surface area contributed by atoms with Gasteiger partial charge in [0.15, 0.2) is 0 Å². The van der Waals surface area contributed by atoms with Crippen LogP contribution in [0.4, 0.5) is 4.79 Å². The molecule has 0 aromatic heterocycles. The molecule has 10 heteroatoms. The highest BCUT2D eigenvalue weighted by Gasteiger charge is 2.34. The summed E-state index contributed by atoms with van der Waals surface area (Å²) in [7, 11) is -3.85. The maximum Gasteiger partial charge on any atom is 0.322 e. The minimum atomic E-state index is -3.85. The Labute approximate surface area is 167 Å². The van der Waals surface area contributed by atoms with Crippen molar-refractivity contribution in [1.82, 2.24) is 14.9 Å². The lowest BCUT2D eigenvalue weighted by Crippen LogP contribution is -2.44. The first kappa shape index (κ1) is 20.1. The van der Waals surface area contributed by atoms with Gasteiger partial charge in [-0.2, -0.15) is 4.31 Å². The molecule has 0 saturated carbocycles. The van der Waals surface area contributed by atoms with Gasteiger partial charge in [-0.25, -0.2) is 13.2 Å². The van der Waals surface area contributed by atoms with Gasteiger partial charge in [-0.3, -0.25) is 10.1 Å². The third-order valence-corrected chi connectivity index (χ3v) is 6.32. The molecule has 2 aromatic rings. The van der Waals surface area contributed by atoms with Crippen molar-refractivity contribution in [1.29, 1.82) is 0 Å². The Morgan fingerprint density at radius 1 is 1.04 bits per heavy atom. The second kappa shape index (κ2) is 8.17. The molecule has 2 N–H and O–H groups in total. The van der Waals surface area contributed by atoms with Crippen LogP contribution in [0.5, 0.6) is 11.5 Å². The minimum Gasteiger partial charge on any atom is -0.457 e. The Bertz CT molecular complexity index is 977. The number of benzene rings is 2. The summed E-state index contributed by atoms with van der Waals surface area (Å²) >= 11 is 5.83. The van der Waals surface area contributed by atoms with Crippen molar-refractivity contribution in [3.63, 3.8) is 0 Å². The fraction of sp³-hybridized carbons (Fsp3) is 0.222. The number of urea groups is 1. The van der Waals surface area contributed by atoms with Crippen LogP contribution >= 0.6 is 11.6 Å². The van der Waals surface area contributed by atoms with Gasteiger partial charge in [0.2, 0.25) is 10.0 Å². The summed E-state index contributed by atoms with van der Waals surface area (Å²) in [5.74, 6) is 0.482. The van der Waals surface area contributed by atoms with Gasteiger partial charge in [0.05, 0.1) is 4.90 Å². The fourth-order valence-corrected chi connectivity index (χ4v) is 4.25. The van der Waals surface area contributed by atoms with Crippen LogP contribution in [0.1, 0.15) is 6.92 Å². The first-order valence-corrected chi connectivity index (χ1v) is 10.3. The van der Waals surface area contributed by atoms with Crippen LogP contribution in [-0.2, 0) is 14.8 Å². The van der Waals surface area contributed by atoms with E-state index in [1.165, 1.54) is 12.1 Å². The molecule has 28 heavy (non-hydrogen) atoms. The zero-order valence-corrected chi connectivity index (χ0v) is 16.5. The Hall–Kier alpha value is -2.62. The van der Waals surface area contributed by atoms with Crippen molar-refractivity contribution >= 4 is 33.6 Å². The molecule has 1 atom stereocenters. The Balaban J connectivity index is 1.74. The molecule has 2 aromatic carbocycles. The number of hydrogen-bond donors (Lipinski definition) is 2. The molecule has 3 amide bonds. The average molecular weight is 424 g/mol. The van der Waals surface area contributed by atoms with Gasteiger partial charge in [-0.15, -0.1) is 0 Å². The zero-order valence-electron chi connectivity index (χ0n) is 14.9. The molecule has 1 saturated heterocycles. The standard InChI is InChI=1S/C18H18ClN3O5S/c1-2-22(11-16-17(23)21-18(24)20-16)28(25,26)15-9-7-14(8-10-15)27-13-5-3-12(19)4-6-13/h3-10,16H,2,11H2,1H3,(H2,20,21,23,24)/t16-/m0/s1. The number of hydrogen-bond acceptors (Lipinski definition) is 5. The van der Waals surface area contributed by atoms with Crippen LogP contribution in [0, 0.1) is 0 Å². The normalized spacial score (nSPS) is 16.8. The van der Waals surface area contributed by atoms with E-state index >= 15 is 0 Å². The van der Waals surface area contributed by atoms with Crippen molar-refractivity contribution in [2.75, 3.05) is 13.1 Å². The second-order valence-corrected chi connectivity index (χ2v) is 8.37. The van der Waals surface area contributed by atoms with E-state index in [-0.39, 0.29) is 18.0 Å². The maximum absolute atomic E-state index is 12.9. The van der Waals surface area contributed by atoms with Gasteiger partial charge in [0, 0.05) is 18.1 Å². The highest BCUT2D eigenvalue weighted by Crippen LogP contribution is 2.25. The summed E-state index contributed by atoms with van der Waals surface area (Å²) in [6.07, 6.45) is 0. The predicted molar refractivity (Wildman–Crippen MR) is 103 cm³/mol. The van der Waals surface area contributed by atoms with Crippen LogP contribution in [-0.4, -0.2) is 43.8 Å². The van der Waals surface area contributed by atoms with Crippen molar-refractivity contribution in [2.45, 2.75) is 17.9 Å². The van der Waals surface area contributed by atoms with Crippen LogP contribution < -0.4 is 15.4 Å². The van der Waals surface area contributed by atoms with E-state index < -0.39 is 28.0 Å². The predicted octanol–water partition coefficient (Wildman–Crippen LogP) is 2.35. The molecule has 0 radical (unpaired) electrons. The molecular formula is C18H18ClN3O5S. The number of nitrogens with zero attached hydrogens (tertiary/aromatic N) is 1. The highest BCUT2D eigenvalue weighted by molar-refractivity contribution is 7.89. The highest BCUT2D eigenvalue weighted by atomic mass is 35.5. The van der Waals surface area contributed by atoms with Gasteiger partial charge >= 0.3 is 6.03 Å². The molecule has 1 fully saturated rings.